The highest BCUT2D eigenvalue weighted by Gasteiger charge is 2.05. The van der Waals surface area contributed by atoms with Gasteiger partial charge in [0.2, 0.25) is 11.7 Å². The number of hydrogen-bond acceptors (Lipinski definition) is 8. The van der Waals surface area contributed by atoms with Crippen molar-refractivity contribution in [2.24, 2.45) is 10.8 Å². The molecule has 5 N–H and O–H groups in total. The van der Waals surface area contributed by atoms with Crippen LogP contribution in [0.3, 0.4) is 0 Å². The van der Waals surface area contributed by atoms with Gasteiger partial charge in [-0.15, -0.1) is 0 Å². The summed E-state index contributed by atoms with van der Waals surface area (Å²) < 4.78 is 0. The van der Waals surface area contributed by atoms with E-state index in [4.69, 9.17) is 16.4 Å². The lowest BCUT2D eigenvalue weighted by Crippen LogP contribution is -2.21. The number of aryl methyl sites for hydroxylation is 1. The largest absolute Gasteiger partial charge is 0.382 e. The van der Waals surface area contributed by atoms with E-state index < -0.39 is 0 Å². The first-order valence-corrected chi connectivity index (χ1v) is 7.37. The van der Waals surface area contributed by atoms with Crippen LogP contribution in [0.25, 0.3) is 0 Å². The standard InChI is InChI=1S/C16H19N9/c1-10-8-14(25(2)3)22-16(20-10)21-11-4-6-12(7-5-11)23-24-13(9-17)15(18)19/h4-8,23H,1-3H3,(H3,18,19)(H,20,21,22)/b24-13+. The van der Waals surface area contributed by atoms with Gasteiger partial charge in [0.25, 0.3) is 0 Å². The molecule has 0 amide bonds. The van der Waals surface area contributed by atoms with E-state index in [0.29, 0.717) is 11.6 Å². The number of nitrogens with two attached hydrogens (primary N) is 1. The third-order valence-corrected chi connectivity index (χ3v) is 3.10. The van der Waals surface area contributed by atoms with Gasteiger partial charge in [-0.25, -0.2) is 4.98 Å². The van der Waals surface area contributed by atoms with E-state index in [1.54, 1.807) is 18.2 Å². The third kappa shape index (κ3) is 4.90. The lowest BCUT2D eigenvalue weighted by Gasteiger charge is -2.14. The molecule has 1 heterocycles. The van der Waals surface area contributed by atoms with Crippen molar-refractivity contribution in [1.82, 2.24) is 9.97 Å². The van der Waals surface area contributed by atoms with Crippen LogP contribution in [0.5, 0.6) is 0 Å². The Hall–Kier alpha value is -3.67. The van der Waals surface area contributed by atoms with Crippen molar-refractivity contribution in [2.45, 2.75) is 6.92 Å². The molecule has 0 atom stereocenters. The minimum absolute atomic E-state index is 0.174. The van der Waals surface area contributed by atoms with Crippen LogP contribution in [-0.2, 0) is 0 Å². The van der Waals surface area contributed by atoms with E-state index >= 15 is 0 Å². The van der Waals surface area contributed by atoms with E-state index in [2.05, 4.69) is 25.8 Å². The van der Waals surface area contributed by atoms with Crippen LogP contribution >= 0.6 is 0 Å². The minimum atomic E-state index is -0.387. The number of hydrogen-bond donors (Lipinski definition) is 4. The van der Waals surface area contributed by atoms with Crippen molar-refractivity contribution in [2.75, 3.05) is 29.7 Å². The smallest absolute Gasteiger partial charge is 0.229 e. The Morgan fingerprint density at radius 2 is 1.88 bits per heavy atom. The van der Waals surface area contributed by atoms with Gasteiger partial charge in [-0.05, 0) is 31.2 Å². The van der Waals surface area contributed by atoms with Crippen LogP contribution in [0.4, 0.5) is 23.1 Å². The first-order chi connectivity index (χ1) is 11.9. The number of nitrogens with zero attached hydrogens (tertiary/aromatic N) is 5. The Morgan fingerprint density at radius 1 is 1.24 bits per heavy atom. The average molecular weight is 337 g/mol. The molecule has 1 aromatic carbocycles. The van der Waals surface area contributed by atoms with E-state index in [1.807, 2.05) is 44.1 Å². The van der Waals surface area contributed by atoms with Crippen molar-refractivity contribution in [3.05, 3.63) is 36.0 Å². The monoisotopic (exact) mass is 337 g/mol. The highest BCUT2D eigenvalue weighted by molar-refractivity contribution is 6.45. The molecule has 2 rings (SSSR count). The fraction of sp³-hybridized carbons (Fsp3) is 0.188. The van der Waals surface area contributed by atoms with Crippen LogP contribution in [-0.4, -0.2) is 35.6 Å². The van der Waals surface area contributed by atoms with Crippen LogP contribution in [0.1, 0.15) is 5.69 Å². The molecule has 0 fully saturated rings. The van der Waals surface area contributed by atoms with Gasteiger partial charge in [0.05, 0.1) is 5.69 Å². The Kier molecular flexibility index (Phi) is 5.47. The molecule has 128 valence electrons. The SMILES string of the molecule is Cc1cc(N(C)C)nc(Nc2ccc(N/N=C(\C#N)C(=N)N)cc2)n1. The summed E-state index contributed by atoms with van der Waals surface area (Å²) >= 11 is 0. The molecule has 0 aliphatic rings. The first-order valence-electron chi connectivity index (χ1n) is 7.37. The van der Waals surface area contributed by atoms with Crippen LogP contribution in [0, 0.1) is 23.7 Å². The summed E-state index contributed by atoms with van der Waals surface area (Å²) in [6.07, 6.45) is 0. The number of benzene rings is 1. The zero-order chi connectivity index (χ0) is 18.4. The first kappa shape index (κ1) is 17.7. The Balaban J connectivity index is 2.11. The molecular formula is C16H19N9. The molecule has 9 heteroatoms. The van der Waals surface area contributed by atoms with Gasteiger partial charge in [0.1, 0.15) is 11.9 Å². The summed E-state index contributed by atoms with van der Waals surface area (Å²) in [6.45, 7) is 1.91. The van der Waals surface area contributed by atoms with Crippen molar-refractivity contribution in [1.29, 1.82) is 10.7 Å². The zero-order valence-electron chi connectivity index (χ0n) is 14.2. The second kappa shape index (κ2) is 7.74. The molecule has 9 nitrogen and oxygen atoms in total. The highest BCUT2D eigenvalue weighted by atomic mass is 15.3. The molecule has 0 saturated carbocycles. The van der Waals surface area contributed by atoms with Gasteiger partial charge in [0.15, 0.2) is 5.84 Å². The number of rotatable bonds is 6. The summed E-state index contributed by atoms with van der Waals surface area (Å²) in [6, 6.07) is 10.8. The topological polar surface area (TPSA) is 139 Å². The maximum atomic E-state index is 8.80. The molecule has 0 aliphatic carbocycles. The van der Waals surface area contributed by atoms with E-state index in [9.17, 15) is 0 Å². The molecular weight excluding hydrogens is 318 g/mol. The van der Waals surface area contributed by atoms with Crippen molar-refractivity contribution in [3.8, 4) is 6.07 Å². The Labute approximate surface area is 145 Å². The van der Waals surface area contributed by atoms with Gasteiger partial charge in [-0.2, -0.15) is 15.3 Å². The lowest BCUT2D eigenvalue weighted by atomic mass is 10.3. The Morgan fingerprint density at radius 3 is 2.44 bits per heavy atom. The summed E-state index contributed by atoms with van der Waals surface area (Å²) in [7, 11) is 3.84. The number of nitriles is 1. The fourth-order valence-electron chi connectivity index (χ4n) is 1.86. The fourth-order valence-corrected chi connectivity index (χ4v) is 1.86. The number of amidine groups is 1. The molecule has 2 aromatic rings. The van der Waals surface area contributed by atoms with E-state index in [1.165, 1.54) is 0 Å². The van der Waals surface area contributed by atoms with Gasteiger partial charge in [-0.3, -0.25) is 10.8 Å². The average Bonchev–Trinajstić information content (AvgIpc) is 2.56. The van der Waals surface area contributed by atoms with E-state index in [0.717, 1.165) is 17.2 Å². The zero-order valence-corrected chi connectivity index (χ0v) is 14.2. The predicted octanol–water partition coefficient (Wildman–Crippen LogP) is 1.82. The normalized spacial score (nSPS) is 10.7. The van der Waals surface area contributed by atoms with Gasteiger partial charge >= 0.3 is 0 Å². The van der Waals surface area contributed by atoms with Gasteiger partial charge in [0, 0.05) is 31.5 Å². The molecule has 0 bridgehead atoms. The summed E-state index contributed by atoms with van der Waals surface area (Å²) in [4.78, 5) is 10.7. The number of aromatic nitrogens is 2. The van der Waals surface area contributed by atoms with Crippen molar-refractivity contribution in [3.63, 3.8) is 0 Å². The predicted molar refractivity (Wildman–Crippen MR) is 99.4 cm³/mol. The van der Waals surface area contributed by atoms with Crippen LogP contribution in [0.15, 0.2) is 35.4 Å². The Bertz CT molecular complexity index is 832. The van der Waals surface area contributed by atoms with Crippen molar-refractivity contribution < 1.29 is 0 Å². The molecule has 0 saturated heterocycles. The van der Waals surface area contributed by atoms with Crippen LogP contribution < -0.4 is 21.4 Å². The second-order valence-electron chi connectivity index (χ2n) is 5.39. The molecule has 1 aromatic heterocycles. The van der Waals surface area contributed by atoms with Crippen molar-refractivity contribution >= 4 is 34.7 Å². The molecule has 0 spiro atoms. The molecule has 0 aliphatic heterocycles. The van der Waals surface area contributed by atoms with Gasteiger partial charge in [-0.1, -0.05) is 0 Å². The highest BCUT2D eigenvalue weighted by Crippen LogP contribution is 2.19. The van der Waals surface area contributed by atoms with E-state index in [-0.39, 0.29) is 11.5 Å². The van der Waals surface area contributed by atoms with Crippen LogP contribution in [0.2, 0.25) is 0 Å². The summed E-state index contributed by atoms with van der Waals surface area (Å²) in [5, 5.41) is 22.9. The quantitative estimate of drug-likeness (QED) is 0.358. The third-order valence-electron chi connectivity index (χ3n) is 3.10. The number of nitrogens with one attached hydrogen (secondary N) is 3. The summed E-state index contributed by atoms with van der Waals surface area (Å²) in [5.41, 5.74) is 10.1. The maximum Gasteiger partial charge on any atom is 0.229 e. The lowest BCUT2D eigenvalue weighted by molar-refractivity contribution is 1.02. The second-order valence-corrected chi connectivity index (χ2v) is 5.39. The molecule has 0 unspecified atom stereocenters. The number of hydrazone groups is 1. The maximum absolute atomic E-state index is 8.80. The minimum Gasteiger partial charge on any atom is -0.382 e. The van der Waals surface area contributed by atoms with Gasteiger partial charge < -0.3 is 16.0 Å². The summed E-state index contributed by atoms with van der Waals surface area (Å²) in [5.74, 6) is 0.934. The number of anilines is 4. The molecule has 0 radical (unpaired) electrons. The molecule has 25 heavy (non-hydrogen) atoms.